The van der Waals surface area contributed by atoms with Gasteiger partial charge in [0.15, 0.2) is 0 Å². The number of aliphatic hydroxyl groups is 1. The molecule has 8 heteroatoms. The highest BCUT2D eigenvalue weighted by Gasteiger charge is 2.19. The molecule has 0 amide bonds. The van der Waals surface area contributed by atoms with Gasteiger partial charge < -0.3 is 9.52 Å². The van der Waals surface area contributed by atoms with E-state index in [-0.39, 0.29) is 22.8 Å². The van der Waals surface area contributed by atoms with Crippen molar-refractivity contribution in [2.75, 3.05) is 6.54 Å². The first-order chi connectivity index (χ1) is 9.94. The van der Waals surface area contributed by atoms with Crippen molar-refractivity contribution < 1.29 is 22.3 Å². The summed E-state index contributed by atoms with van der Waals surface area (Å²) in [5, 5.41) is 18.4. The van der Waals surface area contributed by atoms with E-state index in [0.29, 0.717) is 0 Å². The van der Waals surface area contributed by atoms with E-state index >= 15 is 0 Å². The minimum atomic E-state index is -3.97. The van der Waals surface area contributed by atoms with E-state index in [0.717, 1.165) is 18.2 Å². The Hall–Kier alpha value is -2.21. The molecule has 0 saturated carbocycles. The van der Waals surface area contributed by atoms with Gasteiger partial charge in [0.1, 0.15) is 23.8 Å². The smallest absolute Gasteiger partial charge is 0.240 e. The molecule has 0 aliphatic heterocycles. The zero-order valence-corrected chi connectivity index (χ0v) is 11.5. The van der Waals surface area contributed by atoms with Crippen LogP contribution in [-0.2, 0) is 10.0 Å². The fourth-order valence-corrected chi connectivity index (χ4v) is 2.67. The molecule has 2 N–H and O–H groups in total. The number of halogens is 1. The van der Waals surface area contributed by atoms with Gasteiger partial charge in [-0.05, 0) is 30.3 Å². The molecule has 1 atom stereocenters. The summed E-state index contributed by atoms with van der Waals surface area (Å²) < 4.78 is 44.3. The lowest BCUT2D eigenvalue weighted by Gasteiger charge is -2.10. The normalized spacial score (nSPS) is 12.8. The summed E-state index contributed by atoms with van der Waals surface area (Å²) in [5.41, 5.74) is -0.371. The van der Waals surface area contributed by atoms with Crippen LogP contribution in [0.3, 0.4) is 0 Å². The van der Waals surface area contributed by atoms with Gasteiger partial charge >= 0.3 is 0 Å². The second kappa shape index (κ2) is 6.05. The first-order valence-electron chi connectivity index (χ1n) is 5.85. The zero-order valence-electron chi connectivity index (χ0n) is 10.7. The summed E-state index contributed by atoms with van der Waals surface area (Å²) in [6.07, 6.45) is 0.206. The van der Waals surface area contributed by atoms with Gasteiger partial charge in [0, 0.05) is 6.54 Å². The van der Waals surface area contributed by atoms with Gasteiger partial charge in [-0.1, -0.05) is 0 Å². The van der Waals surface area contributed by atoms with Crippen LogP contribution in [0.15, 0.2) is 45.9 Å². The van der Waals surface area contributed by atoms with E-state index in [1.807, 2.05) is 0 Å². The van der Waals surface area contributed by atoms with Gasteiger partial charge in [-0.2, -0.15) is 5.26 Å². The maximum absolute atomic E-state index is 13.2. The second-order valence-electron chi connectivity index (χ2n) is 4.14. The predicted molar refractivity (Wildman–Crippen MR) is 70.0 cm³/mol. The van der Waals surface area contributed by atoms with Crippen LogP contribution in [0.1, 0.15) is 17.4 Å². The van der Waals surface area contributed by atoms with Gasteiger partial charge in [0.05, 0.1) is 16.7 Å². The summed E-state index contributed by atoms with van der Waals surface area (Å²) in [5.74, 6) is -0.582. The number of furan rings is 1. The lowest BCUT2D eigenvalue weighted by Crippen LogP contribution is -2.28. The minimum Gasteiger partial charge on any atom is -0.467 e. The van der Waals surface area contributed by atoms with E-state index in [2.05, 4.69) is 4.72 Å². The topological polar surface area (TPSA) is 103 Å². The minimum absolute atomic E-state index is 0.217. The molecule has 2 rings (SSSR count). The summed E-state index contributed by atoms with van der Waals surface area (Å²) >= 11 is 0. The Morgan fingerprint density at radius 3 is 2.81 bits per heavy atom. The third-order valence-electron chi connectivity index (χ3n) is 2.71. The number of rotatable bonds is 5. The number of hydrogen-bond acceptors (Lipinski definition) is 5. The summed E-state index contributed by atoms with van der Waals surface area (Å²) in [6.45, 7) is -0.310. The highest BCUT2D eigenvalue weighted by Crippen LogP contribution is 2.16. The Balaban J connectivity index is 2.14. The van der Waals surface area contributed by atoms with Gasteiger partial charge in [0.25, 0.3) is 0 Å². The molecular weight excluding hydrogens is 299 g/mol. The predicted octanol–water partition coefficient (Wildman–Crippen LogP) is 1.30. The first-order valence-corrected chi connectivity index (χ1v) is 7.33. The van der Waals surface area contributed by atoms with Crippen molar-refractivity contribution in [1.82, 2.24) is 4.72 Å². The van der Waals surface area contributed by atoms with Crippen LogP contribution in [-0.4, -0.2) is 20.1 Å². The molecule has 0 saturated heterocycles. The van der Waals surface area contributed by atoms with E-state index < -0.39 is 21.9 Å². The number of benzene rings is 1. The monoisotopic (exact) mass is 310 g/mol. The van der Waals surface area contributed by atoms with E-state index in [1.165, 1.54) is 12.3 Å². The maximum Gasteiger partial charge on any atom is 0.240 e. The fourth-order valence-electron chi connectivity index (χ4n) is 1.61. The van der Waals surface area contributed by atoms with Gasteiger partial charge in [0.2, 0.25) is 10.0 Å². The zero-order chi connectivity index (χ0) is 15.5. The molecule has 21 heavy (non-hydrogen) atoms. The highest BCUT2D eigenvalue weighted by atomic mass is 32.2. The van der Waals surface area contributed by atoms with Crippen LogP contribution in [0.4, 0.5) is 4.39 Å². The van der Waals surface area contributed by atoms with E-state index in [1.54, 1.807) is 12.1 Å². The Morgan fingerprint density at radius 2 is 2.19 bits per heavy atom. The summed E-state index contributed by atoms with van der Waals surface area (Å²) in [6, 6.07) is 7.50. The van der Waals surface area contributed by atoms with Gasteiger partial charge in [-0.25, -0.2) is 17.5 Å². The molecule has 0 radical (unpaired) electrons. The molecule has 6 nitrogen and oxygen atoms in total. The molecule has 0 aliphatic rings. The van der Waals surface area contributed by atoms with E-state index in [4.69, 9.17) is 9.68 Å². The quantitative estimate of drug-likeness (QED) is 0.866. The van der Waals surface area contributed by atoms with Crippen LogP contribution >= 0.6 is 0 Å². The second-order valence-corrected chi connectivity index (χ2v) is 5.90. The molecule has 0 aliphatic carbocycles. The van der Waals surface area contributed by atoms with Crippen molar-refractivity contribution >= 4 is 10.0 Å². The van der Waals surface area contributed by atoms with Crippen molar-refractivity contribution in [3.05, 3.63) is 53.7 Å². The van der Waals surface area contributed by atoms with Gasteiger partial charge in [-0.15, -0.1) is 0 Å². The molecule has 2 aromatic rings. The van der Waals surface area contributed by atoms with Crippen molar-refractivity contribution in [2.45, 2.75) is 11.0 Å². The van der Waals surface area contributed by atoms with Crippen molar-refractivity contribution in [1.29, 1.82) is 5.26 Å². The molecule has 1 aromatic carbocycles. The molecule has 1 aromatic heterocycles. The Labute approximate surface area is 120 Å². The Bertz CT molecular complexity index is 766. The number of nitrogens with one attached hydrogen (secondary N) is 1. The van der Waals surface area contributed by atoms with Crippen molar-refractivity contribution in [2.24, 2.45) is 0 Å². The number of sulfonamides is 1. The average Bonchev–Trinajstić information content (AvgIpc) is 2.99. The van der Waals surface area contributed by atoms with Crippen LogP contribution in [0.25, 0.3) is 0 Å². The molecule has 1 unspecified atom stereocenters. The van der Waals surface area contributed by atoms with Crippen LogP contribution in [0, 0.1) is 17.1 Å². The van der Waals surface area contributed by atoms with Crippen molar-refractivity contribution in [3.8, 4) is 6.07 Å². The Morgan fingerprint density at radius 1 is 1.43 bits per heavy atom. The maximum atomic E-state index is 13.2. The number of hydrogen-bond donors (Lipinski definition) is 2. The highest BCUT2D eigenvalue weighted by molar-refractivity contribution is 7.89. The summed E-state index contributed by atoms with van der Waals surface area (Å²) in [7, 11) is -3.97. The third-order valence-corrected chi connectivity index (χ3v) is 4.13. The first kappa shape index (κ1) is 15.2. The van der Waals surface area contributed by atoms with Crippen LogP contribution in [0.5, 0.6) is 0 Å². The Kier molecular flexibility index (Phi) is 4.37. The largest absolute Gasteiger partial charge is 0.467 e. The van der Waals surface area contributed by atoms with Crippen LogP contribution in [0.2, 0.25) is 0 Å². The van der Waals surface area contributed by atoms with Crippen LogP contribution < -0.4 is 4.72 Å². The molecule has 0 fully saturated rings. The number of aliphatic hydroxyl groups excluding tert-OH is 1. The van der Waals surface area contributed by atoms with Gasteiger partial charge in [-0.3, -0.25) is 0 Å². The average molecular weight is 310 g/mol. The van der Waals surface area contributed by atoms with E-state index in [9.17, 15) is 17.9 Å². The molecular formula is C13H11FN2O4S. The molecule has 1 heterocycles. The third kappa shape index (κ3) is 3.46. The molecule has 110 valence electrons. The molecule has 0 bridgehead atoms. The number of nitriles is 1. The lowest BCUT2D eigenvalue weighted by atomic mass is 10.2. The fraction of sp³-hybridized carbons (Fsp3) is 0.154. The summed E-state index contributed by atoms with van der Waals surface area (Å²) in [4.78, 5) is -0.257. The van der Waals surface area contributed by atoms with Crippen molar-refractivity contribution in [3.63, 3.8) is 0 Å². The number of nitrogens with zero attached hydrogens (tertiary/aromatic N) is 1. The molecule has 0 spiro atoms. The SMILES string of the molecule is N#Cc1cc(S(=O)(=O)NCC(O)c2ccco2)ccc1F. The standard InChI is InChI=1S/C13H11FN2O4S/c14-11-4-3-10(6-9(11)7-15)21(18,19)16-8-12(17)13-2-1-5-20-13/h1-6,12,16-17H,8H2. The lowest BCUT2D eigenvalue weighted by molar-refractivity contribution is 0.154.